The molecule has 1 heterocycles. The molecular weight excluding hydrogens is 250 g/mol. The molecule has 0 aromatic heterocycles. The number of hydrogen-bond acceptors (Lipinski definition) is 2. The van der Waals surface area contributed by atoms with Crippen LogP contribution in [0.1, 0.15) is 28.8 Å². The summed E-state index contributed by atoms with van der Waals surface area (Å²) in [4.78, 5) is 14.5. The van der Waals surface area contributed by atoms with Crippen molar-refractivity contribution in [3.05, 3.63) is 59.7 Å². The Morgan fingerprint density at radius 2 is 1.75 bits per heavy atom. The monoisotopic (exact) mass is 267 g/mol. The normalized spacial score (nSPS) is 14.5. The van der Waals surface area contributed by atoms with E-state index in [1.807, 2.05) is 18.2 Å². The number of anilines is 1. The van der Waals surface area contributed by atoms with Crippen molar-refractivity contribution in [2.75, 3.05) is 11.4 Å². The second-order valence-electron chi connectivity index (χ2n) is 5.06. The molecule has 3 heteroatoms. The molecule has 1 aliphatic rings. The van der Waals surface area contributed by atoms with Crippen molar-refractivity contribution in [1.29, 1.82) is 0 Å². The zero-order valence-electron chi connectivity index (χ0n) is 11.2. The van der Waals surface area contributed by atoms with Crippen LogP contribution in [0.4, 0.5) is 5.69 Å². The second-order valence-corrected chi connectivity index (χ2v) is 5.06. The molecule has 0 atom stereocenters. The number of carbonyl (C=O) groups is 1. The molecule has 3 rings (SSSR count). The first-order chi connectivity index (χ1) is 9.77. The minimum Gasteiger partial charge on any atom is -0.507 e. The van der Waals surface area contributed by atoms with E-state index in [0.717, 1.165) is 24.9 Å². The molecule has 2 aromatic rings. The standard InChI is InChI=1S/C17H17NO2/c19-16-11-4-2-9-14(16)17(20)18-12-6-5-8-13-7-1-3-10-15(13)18/h1-4,7,9-11,19H,5-6,8,12H2. The number of fused-ring (bicyclic) bond motifs is 1. The van der Waals surface area contributed by atoms with Crippen LogP contribution < -0.4 is 4.90 Å². The highest BCUT2D eigenvalue weighted by molar-refractivity contribution is 6.08. The van der Waals surface area contributed by atoms with Crippen molar-refractivity contribution in [3.8, 4) is 5.75 Å². The molecule has 0 spiro atoms. The summed E-state index contributed by atoms with van der Waals surface area (Å²) in [6.07, 6.45) is 3.07. The number of aromatic hydroxyl groups is 1. The van der Waals surface area contributed by atoms with Gasteiger partial charge in [0.25, 0.3) is 5.91 Å². The van der Waals surface area contributed by atoms with Crippen molar-refractivity contribution in [3.63, 3.8) is 0 Å². The van der Waals surface area contributed by atoms with Crippen molar-refractivity contribution in [2.45, 2.75) is 19.3 Å². The van der Waals surface area contributed by atoms with Crippen LogP contribution in [0.3, 0.4) is 0 Å². The molecule has 0 saturated heterocycles. The molecule has 3 nitrogen and oxygen atoms in total. The van der Waals surface area contributed by atoms with Crippen molar-refractivity contribution in [1.82, 2.24) is 0 Å². The summed E-state index contributed by atoms with van der Waals surface area (Å²) in [6.45, 7) is 0.699. The third kappa shape index (κ3) is 2.27. The van der Waals surface area contributed by atoms with Gasteiger partial charge in [-0.2, -0.15) is 0 Å². The van der Waals surface area contributed by atoms with Crippen molar-refractivity contribution in [2.24, 2.45) is 0 Å². The van der Waals surface area contributed by atoms with E-state index >= 15 is 0 Å². The Balaban J connectivity index is 2.02. The number of hydrogen-bond donors (Lipinski definition) is 1. The number of phenolic OH excluding ortho intramolecular Hbond substituents is 1. The van der Waals surface area contributed by atoms with E-state index < -0.39 is 0 Å². The first kappa shape index (κ1) is 12.7. The van der Waals surface area contributed by atoms with E-state index in [2.05, 4.69) is 6.07 Å². The zero-order chi connectivity index (χ0) is 13.9. The van der Waals surface area contributed by atoms with Gasteiger partial charge in [-0.05, 0) is 43.0 Å². The fraction of sp³-hybridized carbons (Fsp3) is 0.235. The van der Waals surface area contributed by atoms with Gasteiger partial charge in [-0.15, -0.1) is 0 Å². The number of amides is 1. The van der Waals surface area contributed by atoms with Crippen LogP contribution in [0.25, 0.3) is 0 Å². The second kappa shape index (κ2) is 5.37. The molecule has 0 radical (unpaired) electrons. The maximum absolute atomic E-state index is 12.7. The Morgan fingerprint density at radius 3 is 2.60 bits per heavy atom. The summed E-state index contributed by atoms with van der Waals surface area (Å²) in [5, 5.41) is 9.88. The summed E-state index contributed by atoms with van der Waals surface area (Å²) >= 11 is 0. The fourth-order valence-corrected chi connectivity index (χ4v) is 2.70. The lowest BCUT2D eigenvalue weighted by Crippen LogP contribution is -2.31. The number of rotatable bonds is 1. The molecule has 1 N–H and O–H groups in total. The lowest BCUT2D eigenvalue weighted by Gasteiger charge is -2.23. The van der Waals surface area contributed by atoms with Crippen molar-refractivity contribution < 1.29 is 9.90 Å². The third-order valence-electron chi connectivity index (χ3n) is 3.74. The molecule has 0 aliphatic carbocycles. The highest BCUT2D eigenvalue weighted by atomic mass is 16.3. The third-order valence-corrected chi connectivity index (χ3v) is 3.74. The van der Waals surface area contributed by atoms with Gasteiger partial charge in [0.15, 0.2) is 0 Å². The van der Waals surface area contributed by atoms with Crippen LogP contribution in [0.5, 0.6) is 5.75 Å². The van der Waals surface area contributed by atoms with Gasteiger partial charge >= 0.3 is 0 Å². The zero-order valence-corrected chi connectivity index (χ0v) is 11.2. The largest absolute Gasteiger partial charge is 0.507 e. The average Bonchev–Trinajstić information content (AvgIpc) is 2.69. The summed E-state index contributed by atoms with van der Waals surface area (Å²) < 4.78 is 0. The highest BCUT2D eigenvalue weighted by Gasteiger charge is 2.23. The maximum Gasteiger partial charge on any atom is 0.262 e. The van der Waals surface area contributed by atoms with Crippen LogP contribution in [0.2, 0.25) is 0 Å². The molecule has 0 fully saturated rings. The van der Waals surface area contributed by atoms with E-state index in [1.54, 1.807) is 29.2 Å². The molecule has 0 unspecified atom stereocenters. The van der Waals surface area contributed by atoms with Crippen LogP contribution in [0, 0.1) is 0 Å². The summed E-state index contributed by atoms with van der Waals surface area (Å²) in [5.74, 6) is -0.0864. The molecule has 102 valence electrons. The smallest absolute Gasteiger partial charge is 0.262 e. The highest BCUT2D eigenvalue weighted by Crippen LogP contribution is 2.29. The van der Waals surface area contributed by atoms with E-state index in [-0.39, 0.29) is 11.7 Å². The van der Waals surface area contributed by atoms with Gasteiger partial charge in [-0.3, -0.25) is 4.79 Å². The molecule has 1 aliphatic heterocycles. The van der Waals surface area contributed by atoms with Crippen molar-refractivity contribution >= 4 is 11.6 Å². The topological polar surface area (TPSA) is 40.5 Å². The Morgan fingerprint density at radius 1 is 1.00 bits per heavy atom. The van der Waals surface area contributed by atoms with E-state index in [1.165, 1.54) is 5.56 Å². The van der Waals surface area contributed by atoms with Gasteiger partial charge in [0.2, 0.25) is 0 Å². The quantitative estimate of drug-likeness (QED) is 0.860. The first-order valence-electron chi connectivity index (χ1n) is 6.95. The van der Waals surface area contributed by atoms with Gasteiger partial charge in [-0.25, -0.2) is 0 Å². The lowest BCUT2D eigenvalue weighted by atomic mass is 10.1. The molecule has 2 aromatic carbocycles. The maximum atomic E-state index is 12.7. The molecule has 0 saturated carbocycles. The number of benzene rings is 2. The van der Waals surface area contributed by atoms with Gasteiger partial charge in [0.1, 0.15) is 5.75 Å². The minimum absolute atomic E-state index is 0.0410. The van der Waals surface area contributed by atoms with E-state index in [9.17, 15) is 9.90 Å². The van der Waals surface area contributed by atoms with Crippen LogP contribution in [-0.2, 0) is 6.42 Å². The Hall–Kier alpha value is -2.29. The summed E-state index contributed by atoms with van der Waals surface area (Å²) in [6, 6.07) is 14.7. The number of nitrogens with zero attached hydrogens (tertiary/aromatic N) is 1. The predicted octanol–water partition coefficient (Wildman–Crippen LogP) is 3.38. The lowest BCUT2D eigenvalue weighted by molar-refractivity contribution is 0.0984. The number of aryl methyl sites for hydroxylation is 1. The first-order valence-corrected chi connectivity index (χ1v) is 6.95. The minimum atomic E-state index is -0.127. The summed E-state index contributed by atoms with van der Waals surface area (Å²) in [7, 11) is 0. The SMILES string of the molecule is O=C(c1ccccc1O)N1CCCCc2ccccc21. The number of phenols is 1. The predicted molar refractivity (Wildman–Crippen MR) is 79.2 cm³/mol. The summed E-state index contributed by atoms with van der Waals surface area (Å²) in [5.41, 5.74) is 2.54. The average molecular weight is 267 g/mol. The van der Waals surface area contributed by atoms with Crippen LogP contribution in [0.15, 0.2) is 48.5 Å². The van der Waals surface area contributed by atoms with Gasteiger partial charge < -0.3 is 10.0 Å². The molecular formula is C17H17NO2. The fourth-order valence-electron chi connectivity index (χ4n) is 2.70. The van der Waals surface area contributed by atoms with E-state index in [4.69, 9.17) is 0 Å². The molecule has 20 heavy (non-hydrogen) atoms. The van der Waals surface area contributed by atoms with Gasteiger partial charge in [0.05, 0.1) is 5.56 Å². The molecule has 0 bridgehead atoms. The Bertz CT molecular complexity index is 636. The van der Waals surface area contributed by atoms with Crippen LogP contribution >= 0.6 is 0 Å². The van der Waals surface area contributed by atoms with E-state index in [0.29, 0.717) is 12.1 Å². The van der Waals surface area contributed by atoms with Crippen LogP contribution in [-0.4, -0.2) is 17.6 Å². The van der Waals surface area contributed by atoms with Gasteiger partial charge in [-0.1, -0.05) is 30.3 Å². The Kier molecular flexibility index (Phi) is 3.42. The molecule has 1 amide bonds. The number of para-hydroxylation sites is 2. The van der Waals surface area contributed by atoms with Gasteiger partial charge in [0, 0.05) is 12.2 Å². The number of carbonyl (C=O) groups excluding carboxylic acids is 1. The Labute approximate surface area is 118 Å².